The number of nitrogens with zero attached hydrogens (tertiary/aromatic N) is 2. The summed E-state index contributed by atoms with van der Waals surface area (Å²) in [6.45, 7) is 1.29. The van der Waals surface area contributed by atoms with Crippen LogP contribution in [-0.2, 0) is 6.61 Å². The van der Waals surface area contributed by atoms with Gasteiger partial charge in [-0.15, -0.1) is 11.3 Å². The summed E-state index contributed by atoms with van der Waals surface area (Å²) in [5.74, 6) is 1.35. The summed E-state index contributed by atoms with van der Waals surface area (Å²) in [6.07, 6.45) is 8.04. The zero-order chi connectivity index (χ0) is 21.0. The summed E-state index contributed by atoms with van der Waals surface area (Å²) < 4.78 is 6.10. The van der Waals surface area contributed by atoms with Crippen LogP contribution in [0.2, 0.25) is 0 Å². The first-order chi connectivity index (χ1) is 15.3. The highest BCUT2D eigenvalue weighted by Gasteiger charge is 2.31. The van der Waals surface area contributed by atoms with Crippen LogP contribution in [0.3, 0.4) is 0 Å². The van der Waals surface area contributed by atoms with Crippen molar-refractivity contribution in [1.29, 1.82) is 0 Å². The number of hydrogen-bond donors (Lipinski definition) is 0. The topological polar surface area (TPSA) is 42.4 Å². The molecule has 1 aliphatic carbocycles. The first-order valence-electron chi connectivity index (χ1n) is 11.0. The van der Waals surface area contributed by atoms with Gasteiger partial charge in [0, 0.05) is 17.6 Å². The number of carbonyl (C=O) groups excluding carboxylic acids is 1. The summed E-state index contributed by atoms with van der Waals surface area (Å²) in [7, 11) is 0. The van der Waals surface area contributed by atoms with Gasteiger partial charge in [0.15, 0.2) is 0 Å². The van der Waals surface area contributed by atoms with Crippen LogP contribution in [0.25, 0.3) is 10.6 Å². The van der Waals surface area contributed by atoms with Crippen molar-refractivity contribution in [2.24, 2.45) is 5.92 Å². The number of ether oxygens (including phenoxy) is 1. The van der Waals surface area contributed by atoms with Crippen molar-refractivity contribution in [1.82, 2.24) is 9.88 Å². The third-order valence-electron chi connectivity index (χ3n) is 6.10. The standard InChI is InChI=1S/C26H26N2O2S/c29-26(28-16-8-12-20-11-4-6-14-23(20)28)22-18-31-25(27-22)21-13-5-7-15-24(21)30-17-19-9-2-1-3-10-19/h1-3,5,7,9-10,13-15,18,20H,4,6,8,11-12,16-17H2. The highest BCUT2D eigenvalue weighted by molar-refractivity contribution is 7.13. The molecule has 5 rings (SSSR count). The fourth-order valence-electron chi connectivity index (χ4n) is 4.53. The van der Waals surface area contributed by atoms with Gasteiger partial charge in [-0.3, -0.25) is 4.79 Å². The average Bonchev–Trinajstić information content (AvgIpc) is 3.33. The van der Waals surface area contributed by atoms with Crippen LogP contribution < -0.4 is 4.74 Å². The third-order valence-corrected chi connectivity index (χ3v) is 6.97. The van der Waals surface area contributed by atoms with E-state index < -0.39 is 0 Å². The molecule has 31 heavy (non-hydrogen) atoms. The second-order valence-electron chi connectivity index (χ2n) is 8.16. The number of rotatable bonds is 5. The molecule has 1 aliphatic heterocycles. The van der Waals surface area contributed by atoms with Crippen LogP contribution >= 0.6 is 11.3 Å². The molecule has 0 saturated carbocycles. The number of thiazole rings is 1. The third kappa shape index (κ3) is 4.28. The van der Waals surface area contributed by atoms with Gasteiger partial charge in [-0.25, -0.2) is 4.98 Å². The molecule has 1 atom stereocenters. The summed E-state index contributed by atoms with van der Waals surface area (Å²) in [4.78, 5) is 20.0. The number of carbonyl (C=O) groups is 1. The predicted molar refractivity (Wildman–Crippen MR) is 124 cm³/mol. The molecule has 4 nitrogen and oxygen atoms in total. The van der Waals surface area contributed by atoms with E-state index in [1.54, 1.807) is 0 Å². The van der Waals surface area contributed by atoms with Gasteiger partial charge in [0.1, 0.15) is 23.1 Å². The molecule has 1 fully saturated rings. The number of likely N-dealkylation sites (tertiary alicyclic amines) is 1. The summed E-state index contributed by atoms with van der Waals surface area (Å²) >= 11 is 1.50. The molecular formula is C26H26N2O2S. The molecule has 0 radical (unpaired) electrons. The van der Waals surface area contributed by atoms with E-state index in [1.807, 2.05) is 52.7 Å². The van der Waals surface area contributed by atoms with E-state index in [0.717, 1.165) is 41.3 Å². The van der Waals surface area contributed by atoms with Gasteiger partial charge in [0.2, 0.25) is 0 Å². The predicted octanol–water partition coefficient (Wildman–Crippen LogP) is 6.31. The minimum Gasteiger partial charge on any atom is -0.488 e. The average molecular weight is 431 g/mol. The van der Waals surface area contributed by atoms with Gasteiger partial charge in [-0.2, -0.15) is 0 Å². The highest BCUT2D eigenvalue weighted by Crippen LogP contribution is 2.37. The lowest BCUT2D eigenvalue weighted by molar-refractivity contribution is 0.0744. The number of amides is 1. The number of fused-ring (bicyclic) bond motifs is 1. The number of hydrogen-bond acceptors (Lipinski definition) is 4. The van der Waals surface area contributed by atoms with Gasteiger partial charge in [0.05, 0.1) is 5.56 Å². The largest absolute Gasteiger partial charge is 0.488 e. The van der Waals surface area contributed by atoms with Crippen LogP contribution in [0, 0.1) is 5.92 Å². The smallest absolute Gasteiger partial charge is 0.277 e. The van der Waals surface area contributed by atoms with Crippen molar-refractivity contribution < 1.29 is 9.53 Å². The number of benzene rings is 2. The van der Waals surface area contributed by atoms with Gasteiger partial charge < -0.3 is 9.64 Å². The van der Waals surface area contributed by atoms with Crippen LogP contribution in [-0.4, -0.2) is 22.3 Å². The van der Waals surface area contributed by atoms with Crippen molar-refractivity contribution >= 4 is 17.2 Å². The van der Waals surface area contributed by atoms with Crippen molar-refractivity contribution in [3.63, 3.8) is 0 Å². The van der Waals surface area contributed by atoms with Gasteiger partial charge in [-0.1, -0.05) is 48.5 Å². The molecule has 1 saturated heterocycles. The van der Waals surface area contributed by atoms with E-state index >= 15 is 0 Å². The zero-order valence-corrected chi connectivity index (χ0v) is 18.3. The summed E-state index contributed by atoms with van der Waals surface area (Å²) in [5.41, 5.74) is 3.80. The van der Waals surface area contributed by atoms with E-state index in [4.69, 9.17) is 9.72 Å². The Labute approximate surface area is 187 Å². The summed E-state index contributed by atoms with van der Waals surface area (Å²) in [6, 6.07) is 18.0. The van der Waals surface area contributed by atoms with E-state index in [9.17, 15) is 4.79 Å². The normalized spacial score (nSPS) is 18.3. The van der Waals surface area contributed by atoms with Crippen LogP contribution in [0.1, 0.15) is 48.2 Å². The van der Waals surface area contributed by atoms with Crippen molar-refractivity contribution in [3.05, 3.63) is 83.0 Å². The Morgan fingerprint density at radius 2 is 1.87 bits per heavy atom. The van der Waals surface area contributed by atoms with E-state index in [-0.39, 0.29) is 5.91 Å². The Morgan fingerprint density at radius 3 is 2.77 bits per heavy atom. The summed E-state index contributed by atoms with van der Waals surface area (Å²) in [5, 5.41) is 2.71. The molecule has 1 unspecified atom stereocenters. The highest BCUT2D eigenvalue weighted by atomic mass is 32.1. The Bertz CT molecular complexity index is 1090. The number of allylic oxidation sites excluding steroid dienone is 2. The van der Waals surface area contributed by atoms with Crippen LogP contribution in [0.15, 0.2) is 71.8 Å². The SMILES string of the molecule is O=C(c1csc(-c2ccccc2OCc2ccccc2)n1)N1CCCC2CCCC=C21. The van der Waals surface area contributed by atoms with Gasteiger partial charge >= 0.3 is 0 Å². The minimum atomic E-state index is 0.0306. The van der Waals surface area contributed by atoms with Crippen molar-refractivity contribution in [2.45, 2.75) is 38.7 Å². The molecule has 5 heteroatoms. The molecule has 0 spiro atoms. The fourth-order valence-corrected chi connectivity index (χ4v) is 5.36. The van der Waals surface area contributed by atoms with Crippen LogP contribution in [0.5, 0.6) is 5.75 Å². The maximum absolute atomic E-state index is 13.3. The van der Waals surface area contributed by atoms with E-state index in [2.05, 4.69) is 18.2 Å². The number of piperidine rings is 1. The number of para-hydroxylation sites is 1. The lowest BCUT2D eigenvalue weighted by atomic mass is 9.85. The first kappa shape index (κ1) is 20.0. The molecule has 1 aromatic heterocycles. The lowest BCUT2D eigenvalue weighted by Crippen LogP contribution is -2.39. The Kier molecular flexibility index (Phi) is 5.85. The minimum absolute atomic E-state index is 0.0306. The maximum Gasteiger partial charge on any atom is 0.277 e. The van der Waals surface area contributed by atoms with Gasteiger partial charge in [-0.05, 0) is 55.7 Å². The first-order valence-corrected chi connectivity index (χ1v) is 11.9. The lowest BCUT2D eigenvalue weighted by Gasteiger charge is -2.37. The van der Waals surface area contributed by atoms with Crippen LogP contribution in [0.4, 0.5) is 0 Å². The Hall–Kier alpha value is -2.92. The molecule has 2 heterocycles. The number of aromatic nitrogens is 1. The zero-order valence-electron chi connectivity index (χ0n) is 17.5. The molecule has 0 N–H and O–H groups in total. The van der Waals surface area contributed by atoms with E-state index in [1.165, 1.54) is 36.3 Å². The van der Waals surface area contributed by atoms with E-state index in [0.29, 0.717) is 18.2 Å². The monoisotopic (exact) mass is 430 g/mol. The molecular weight excluding hydrogens is 404 g/mol. The van der Waals surface area contributed by atoms with Crippen molar-refractivity contribution in [3.8, 4) is 16.3 Å². The molecule has 1 amide bonds. The molecule has 3 aromatic rings. The second kappa shape index (κ2) is 9.06. The Morgan fingerprint density at radius 1 is 1.06 bits per heavy atom. The molecule has 158 valence electrons. The second-order valence-corrected chi connectivity index (χ2v) is 9.02. The van der Waals surface area contributed by atoms with Gasteiger partial charge in [0.25, 0.3) is 5.91 Å². The quantitative estimate of drug-likeness (QED) is 0.476. The fraction of sp³-hybridized carbons (Fsp3) is 0.308. The molecule has 0 bridgehead atoms. The maximum atomic E-state index is 13.3. The van der Waals surface area contributed by atoms with Crippen molar-refractivity contribution in [2.75, 3.05) is 6.54 Å². The Balaban J connectivity index is 1.36. The molecule has 2 aromatic carbocycles. The molecule has 2 aliphatic rings.